The summed E-state index contributed by atoms with van der Waals surface area (Å²) in [5.41, 5.74) is 4.04. The van der Waals surface area contributed by atoms with E-state index in [1.165, 1.54) is 0 Å². The van der Waals surface area contributed by atoms with Gasteiger partial charge in [0.15, 0.2) is 0 Å². The average Bonchev–Trinajstić information content (AvgIpc) is 2.68. The highest BCUT2D eigenvalue weighted by Gasteiger charge is 2.15. The Labute approximate surface area is 158 Å². The number of hydrogen-bond donors (Lipinski definition) is 1. The number of methoxy groups -OCH3 is 1. The normalized spacial score (nSPS) is 11.7. The third-order valence-electron chi connectivity index (χ3n) is 4.26. The maximum Gasteiger partial charge on any atom is 0.251 e. The fourth-order valence-electron chi connectivity index (χ4n) is 2.62. The lowest BCUT2D eigenvalue weighted by Crippen LogP contribution is -2.27. The first kappa shape index (κ1) is 18.5. The van der Waals surface area contributed by atoms with Gasteiger partial charge in [-0.1, -0.05) is 6.07 Å². The molecule has 1 atom stereocenters. The van der Waals surface area contributed by atoms with Gasteiger partial charge in [-0.3, -0.25) is 9.78 Å². The number of benzene rings is 1. The van der Waals surface area contributed by atoms with Crippen LogP contribution in [0.1, 0.15) is 40.3 Å². The zero-order valence-electron chi connectivity index (χ0n) is 15.9. The van der Waals surface area contributed by atoms with Crippen LogP contribution in [-0.4, -0.2) is 28.0 Å². The molecule has 1 amide bonds. The van der Waals surface area contributed by atoms with Gasteiger partial charge >= 0.3 is 0 Å². The zero-order valence-corrected chi connectivity index (χ0v) is 15.9. The molecule has 6 nitrogen and oxygen atoms in total. The van der Waals surface area contributed by atoms with Crippen LogP contribution in [0.25, 0.3) is 11.3 Å². The van der Waals surface area contributed by atoms with Crippen molar-refractivity contribution < 1.29 is 9.53 Å². The van der Waals surface area contributed by atoms with E-state index >= 15 is 0 Å². The summed E-state index contributed by atoms with van der Waals surface area (Å²) in [4.78, 5) is 25.6. The van der Waals surface area contributed by atoms with Crippen LogP contribution in [0.15, 0.2) is 48.9 Å². The molecule has 3 rings (SSSR count). The number of carbonyl (C=O) groups excluding carboxylic acids is 1. The Kier molecular flexibility index (Phi) is 5.45. The predicted octanol–water partition coefficient (Wildman–Crippen LogP) is 3.66. The predicted molar refractivity (Wildman–Crippen MR) is 104 cm³/mol. The first-order valence-electron chi connectivity index (χ1n) is 8.68. The molecule has 0 saturated carbocycles. The highest BCUT2D eigenvalue weighted by molar-refractivity contribution is 5.96. The molecule has 0 bridgehead atoms. The summed E-state index contributed by atoms with van der Waals surface area (Å²) in [5.74, 6) is 1.10. The minimum absolute atomic E-state index is 0.199. The fraction of sp³-hybridized carbons (Fsp3) is 0.238. The van der Waals surface area contributed by atoms with E-state index in [1.54, 1.807) is 31.8 Å². The van der Waals surface area contributed by atoms with Gasteiger partial charge in [0.05, 0.1) is 18.8 Å². The van der Waals surface area contributed by atoms with Crippen LogP contribution in [0.4, 0.5) is 0 Å². The number of aryl methyl sites for hydroxylation is 2. The van der Waals surface area contributed by atoms with Gasteiger partial charge < -0.3 is 10.1 Å². The van der Waals surface area contributed by atoms with Crippen LogP contribution in [0.2, 0.25) is 0 Å². The number of rotatable bonds is 5. The van der Waals surface area contributed by atoms with E-state index in [2.05, 4.69) is 20.3 Å². The van der Waals surface area contributed by atoms with Crippen molar-refractivity contribution in [3.8, 4) is 17.0 Å². The molecule has 0 spiro atoms. The van der Waals surface area contributed by atoms with E-state index in [1.807, 2.05) is 45.0 Å². The second kappa shape index (κ2) is 7.95. The molecule has 2 aromatic heterocycles. The lowest BCUT2D eigenvalue weighted by atomic mass is 10.0. The molecular weight excluding hydrogens is 340 g/mol. The molecular formula is C21H22N4O2. The SMILES string of the molecule is COc1cc(C(=O)NC(C)c2cnc(C)nc2)cc(-c2ccc(C)cn2)c1. The van der Waals surface area contributed by atoms with E-state index in [0.717, 1.165) is 22.4 Å². The maximum atomic E-state index is 12.8. The Balaban J connectivity index is 1.86. The van der Waals surface area contributed by atoms with Gasteiger partial charge in [-0.15, -0.1) is 0 Å². The monoisotopic (exact) mass is 362 g/mol. The van der Waals surface area contributed by atoms with Crippen molar-refractivity contribution >= 4 is 5.91 Å². The average molecular weight is 362 g/mol. The molecule has 1 N–H and O–H groups in total. The third kappa shape index (κ3) is 4.47. The second-order valence-corrected chi connectivity index (χ2v) is 6.43. The first-order chi connectivity index (χ1) is 13.0. The molecule has 0 aliphatic carbocycles. The van der Waals surface area contributed by atoms with Gasteiger partial charge in [0.25, 0.3) is 5.91 Å². The van der Waals surface area contributed by atoms with E-state index in [4.69, 9.17) is 4.74 Å². The number of carbonyl (C=O) groups is 1. The molecule has 1 aromatic carbocycles. The summed E-state index contributed by atoms with van der Waals surface area (Å²) in [6.07, 6.45) is 5.25. The summed E-state index contributed by atoms with van der Waals surface area (Å²) >= 11 is 0. The number of aromatic nitrogens is 3. The topological polar surface area (TPSA) is 77.0 Å². The quantitative estimate of drug-likeness (QED) is 0.749. The van der Waals surface area contributed by atoms with Crippen LogP contribution in [-0.2, 0) is 0 Å². The number of nitrogens with one attached hydrogen (secondary N) is 1. The third-order valence-corrected chi connectivity index (χ3v) is 4.26. The molecule has 0 aliphatic rings. The minimum Gasteiger partial charge on any atom is -0.497 e. The molecule has 0 saturated heterocycles. The van der Waals surface area contributed by atoms with Crippen molar-refractivity contribution in [1.29, 1.82) is 0 Å². The molecule has 0 radical (unpaired) electrons. The number of ether oxygens (including phenoxy) is 1. The van der Waals surface area contributed by atoms with Crippen molar-refractivity contribution in [2.24, 2.45) is 0 Å². The Morgan fingerprint density at radius 3 is 2.41 bits per heavy atom. The molecule has 3 aromatic rings. The lowest BCUT2D eigenvalue weighted by molar-refractivity contribution is 0.0939. The van der Waals surface area contributed by atoms with Crippen LogP contribution in [0.3, 0.4) is 0 Å². The Morgan fingerprint density at radius 2 is 1.78 bits per heavy atom. The maximum absolute atomic E-state index is 12.8. The number of hydrogen-bond acceptors (Lipinski definition) is 5. The van der Waals surface area contributed by atoms with E-state index in [-0.39, 0.29) is 11.9 Å². The Morgan fingerprint density at radius 1 is 1.04 bits per heavy atom. The summed E-state index contributed by atoms with van der Waals surface area (Å²) in [7, 11) is 1.58. The van der Waals surface area contributed by atoms with Gasteiger partial charge in [0.2, 0.25) is 0 Å². The van der Waals surface area contributed by atoms with E-state index in [0.29, 0.717) is 17.1 Å². The van der Waals surface area contributed by atoms with Crippen molar-refractivity contribution in [2.45, 2.75) is 26.8 Å². The second-order valence-electron chi connectivity index (χ2n) is 6.43. The van der Waals surface area contributed by atoms with Crippen molar-refractivity contribution in [3.05, 3.63) is 71.4 Å². The summed E-state index contributed by atoms with van der Waals surface area (Å²) in [6, 6.07) is 9.09. The highest BCUT2D eigenvalue weighted by Crippen LogP contribution is 2.25. The van der Waals surface area contributed by atoms with Crippen molar-refractivity contribution in [3.63, 3.8) is 0 Å². The van der Waals surface area contributed by atoms with Gasteiger partial charge in [0.1, 0.15) is 11.6 Å². The first-order valence-corrected chi connectivity index (χ1v) is 8.68. The summed E-state index contributed by atoms with van der Waals surface area (Å²) < 4.78 is 5.37. The standard InChI is InChI=1S/C21H22N4O2/c1-13-5-6-20(24-10-13)16-7-17(9-19(8-16)27-4)21(26)25-14(2)18-11-22-15(3)23-12-18/h5-12,14H,1-4H3,(H,25,26). The molecule has 2 heterocycles. The van der Waals surface area contributed by atoms with Gasteiger partial charge in [-0.25, -0.2) is 9.97 Å². The highest BCUT2D eigenvalue weighted by atomic mass is 16.5. The largest absolute Gasteiger partial charge is 0.497 e. The van der Waals surface area contributed by atoms with Crippen LogP contribution in [0, 0.1) is 13.8 Å². The van der Waals surface area contributed by atoms with Gasteiger partial charge in [-0.2, -0.15) is 0 Å². The smallest absolute Gasteiger partial charge is 0.251 e. The zero-order chi connectivity index (χ0) is 19.4. The van der Waals surface area contributed by atoms with E-state index in [9.17, 15) is 4.79 Å². The van der Waals surface area contributed by atoms with Crippen LogP contribution < -0.4 is 10.1 Å². The molecule has 0 fully saturated rings. The number of amides is 1. The summed E-state index contributed by atoms with van der Waals surface area (Å²) in [6.45, 7) is 5.70. The minimum atomic E-state index is -0.217. The number of pyridine rings is 1. The Hall–Kier alpha value is -3.28. The van der Waals surface area contributed by atoms with E-state index < -0.39 is 0 Å². The molecule has 138 valence electrons. The molecule has 27 heavy (non-hydrogen) atoms. The fourth-order valence-corrected chi connectivity index (χ4v) is 2.62. The van der Waals surface area contributed by atoms with Crippen LogP contribution in [0.5, 0.6) is 5.75 Å². The van der Waals surface area contributed by atoms with Crippen LogP contribution >= 0.6 is 0 Å². The molecule has 6 heteroatoms. The van der Waals surface area contributed by atoms with Crippen molar-refractivity contribution in [2.75, 3.05) is 7.11 Å². The molecule has 1 unspecified atom stereocenters. The van der Waals surface area contributed by atoms with Crippen molar-refractivity contribution in [1.82, 2.24) is 20.3 Å². The van der Waals surface area contributed by atoms with Gasteiger partial charge in [-0.05, 0) is 50.6 Å². The van der Waals surface area contributed by atoms with Gasteiger partial charge in [0, 0.05) is 35.3 Å². The number of nitrogens with zero attached hydrogens (tertiary/aromatic N) is 3. The summed E-state index contributed by atoms with van der Waals surface area (Å²) in [5, 5.41) is 2.98. The Bertz CT molecular complexity index is 937. The lowest BCUT2D eigenvalue weighted by Gasteiger charge is -2.15. The molecule has 0 aliphatic heterocycles.